The van der Waals surface area contributed by atoms with Crippen LogP contribution in [0.1, 0.15) is 46.0 Å². The van der Waals surface area contributed by atoms with Crippen molar-refractivity contribution < 1.29 is 5.11 Å². The Balaban J connectivity index is 2.27. The van der Waals surface area contributed by atoms with Gasteiger partial charge in [-0.15, -0.1) is 0 Å². The van der Waals surface area contributed by atoms with Gasteiger partial charge in [0.25, 0.3) is 0 Å². The van der Waals surface area contributed by atoms with Gasteiger partial charge in [0, 0.05) is 18.6 Å². The van der Waals surface area contributed by atoms with Gasteiger partial charge in [0.2, 0.25) is 0 Å². The zero-order valence-corrected chi connectivity index (χ0v) is 11.0. The highest BCUT2D eigenvalue weighted by molar-refractivity contribution is 4.90. The summed E-state index contributed by atoms with van der Waals surface area (Å²) in [6, 6.07) is 0. The molecule has 3 nitrogen and oxygen atoms in total. The minimum absolute atomic E-state index is 0.0331. The molecule has 0 unspecified atom stereocenters. The smallest absolute Gasteiger partial charge is 0.0613 e. The quantitative estimate of drug-likeness (QED) is 0.695. The van der Waals surface area contributed by atoms with E-state index in [0.29, 0.717) is 6.61 Å². The maximum atomic E-state index is 9.55. The van der Waals surface area contributed by atoms with E-state index < -0.39 is 0 Å². The molecule has 0 amide bonds. The molecule has 0 spiro atoms. The zero-order valence-electron chi connectivity index (χ0n) is 11.0. The van der Waals surface area contributed by atoms with Gasteiger partial charge in [-0.1, -0.05) is 33.1 Å². The van der Waals surface area contributed by atoms with Crippen LogP contribution in [0.25, 0.3) is 0 Å². The number of aliphatic hydroxyl groups excluding tert-OH is 1. The lowest BCUT2D eigenvalue weighted by Gasteiger charge is -2.37. The molecule has 0 aliphatic heterocycles. The standard InChI is InChI=1S/C13H28N2O/c1-3-15(4-2)11-10-14-13(12-16)8-6-5-7-9-13/h14,16H,3-12H2,1-2H3. The number of nitrogens with one attached hydrogen (secondary N) is 1. The van der Waals surface area contributed by atoms with Gasteiger partial charge in [-0.25, -0.2) is 0 Å². The lowest BCUT2D eigenvalue weighted by Crippen LogP contribution is -2.52. The van der Waals surface area contributed by atoms with Gasteiger partial charge >= 0.3 is 0 Å². The van der Waals surface area contributed by atoms with Gasteiger partial charge < -0.3 is 15.3 Å². The van der Waals surface area contributed by atoms with Crippen molar-refractivity contribution in [3.05, 3.63) is 0 Å². The van der Waals surface area contributed by atoms with Crippen LogP contribution in [0.5, 0.6) is 0 Å². The van der Waals surface area contributed by atoms with E-state index in [0.717, 1.165) is 39.0 Å². The highest BCUT2D eigenvalue weighted by Gasteiger charge is 2.30. The Morgan fingerprint density at radius 1 is 1.12 bits per heavy atom. The largest absolute Gasteiger partial charge is 0.394 e. The lowest BCUT2D eigenvalue weighted by atomic mass is 9.82. The Hall–Kier alpha value is -0.120. The molecule has 0 atom stereocenters. The number of hydrogen-bond acceptors (Lipinski definition) is 3. The maximum absolute atomic E-state index is 9.55. The molecule has 1 fully saturated rings. The van der Waals surface area contributed by atoms with E-state index in [4.69, 9.17) is 0 Å². The van der Waals surface area contributed by atoms with Crippen LogP contribution in [-0.2, 0) is 0 Å². The topological polar surface area (TPSA) is 35.5 Å². The van der Waals surface area contributed by atoms with E-state index in [1.807, 2.05) is 0 Å². The number of nitrogens with zero attached hydrogens (tertiary/aromatic N) is 1. The van der Waals surface area contributed by atoms with Gasteiger partial charge in [0.1, 0.15) is 0 Å². The summed E-state index contributed by atoms with van der Waals surface area (Å²) >= 11 is 0. The summed E-state index contributed by atoms with van der Waals surface area (Å²) in [5.41, 5.74) is 0.0331. The van der Waals surface area contributed by atoms with E-state index in [9.17, 15) is 5.11 Å². The van der Waals surface area contributed by atoms with Crippen molar-refractivity contribution in [3.8, 4) is 0 Å². The van der Waals surface area contributed by atoms with Crippen LogP contribution >= 0.6 is 0 Å². The molecular formula is C13H28N2O. The Labute approximate surface area is 100 Å². The van der Waals surface area contributed by atoms with E-state index in [1.165, 1.54) is 19.3 Å². The molecule has 2 N–H and O–H groups in total. The summed E-state index contributed by atoms with van der Waals surface area (Å²) in [6.07, 6.45) is 6.14. The third-order valence-corrected chi connectivity index (χ3v) is 3.94. The van der Waals surface area contributed by atoms with E-state index >= 15 is 0 Å². The molecule has 16 heavy (non-hydrogen) atoms. The normalized spacial score (nSPS) is 20.2. The number of aliphatic hydroxyl groups is 1. The third kappa shape index (κ3) is 4.04. The highest BCUT2D eigenvalue weighted by atomic mass is 16.3. The second-order valence-electron chi connectivity index (χ2n) is 4.95. The van der Waals surface area contributed by atoms with Crippen LogP contribution in [0.4, 0.5) is 0 Å². The molecule has 0 heterocycles. The minimum atomic E-state index is 0.0331. The SMILES string of the molecule is CCN(CC)CCNC1(CO)CCCCC1. The molecule has 0 radical (unpaired) electrons. The third-order valence-electron chi connectivity index (χ3n) is 3.94. The van der Waals surface area contributed by atoms with Crippen molar-refractivity contribution >= 4 is 0 Å². The van der Waals surface area contributed by atoms with Gasteiger partial charge in [0.15, 0.2) is 0 Å². The van der Waals surface area contributed by atoms with Gasteiger partial charge in [0.05, 0.1) is 6.61 Å². The highest BCUT2D eigenvalue weighted by Crippen LogP contribution is 2.27. The summed E-state index contributed by atoms with van der Waals surface area (Å²) in [5, 5.41) is 13.1. The first-order chi connectivity index (χ1) is 7.76. The van der Waals surface area contributed by atoms with Crippen molar-refractivity contribution in [2.24, 2.45) is 0 Å². The first kappa shape index (κ1) is 13.9. The molecule has 1 saturated carbocycles. The predicted molar refractivity (Wildman–Crippen MR) is 68.7 cm³/mol. The fourth-order valence-electron chi connectivity index (χ4n) is 2.64. The molecule has 0 aromatic heterocycles. The molecule has 1 aliphatic carbocycles. The Kier molecular flexibility index (Phi) is 6.32. The number of likely N-dealkylation sites (N-methyl/N-ethyl adjacent to an activating group) is 1. The van der Waals surface area contributed by atoms with Crippen LogP contribution in [0.2, 0.25) is 0 Å². The molecule has 3 heteroatoms. The minimum Gasteiger partial charge on any atom is -0.394 e. The number of hydrogen-bond donors (Lipinski definition) is 2. The molecule has 1 aliphatic rings. The van der Waals surface area contributed by atoms with Crippen LogP contribution in [0.3, 0.4) is 0 Å². The summed E-state index contributed by atoms with van der Waals surface area (Å²) < 4.78 is 0. The average Bonchev–Trinajstić information content (AvgIpc) is 2.36. The summed E-state index contributed by atoms with van der Waals surface area (Å²) in [4.78, 5) is 2.42. The Bertz CT molecular complexity index is 175. The maximum Gasteiger partial charge on any atom is 0.0613 e. The predicted octanol–water partition coefficient (Wildman–Crippen LogP) is 1.61. The van der Waals surface area contributed by atoms with E-state index in [2.05, 4.69) is 24.1 Å². The molecule has 0 aromatic carbocycles. The van der Waals surface area contributed by atoms with Crippen LogP contribution < -0.4 is 5.32 Å². The zero-order chi connectivity index (χ0) is 11.9. The Morgan fingerprint density at radius 3 is 2.25 bits per heavy atom. The summed E-state index contributed by atoms with van der Waals surface area (Å²) in [7, 11) is 0. The monoisotopic (exact) mass is 228 g/mol. The Morgan fingerprint density at radius 2 is 1.75 bits per heavy atom. The number of rotatable bonds is 7. The van der Waals surface area contributed by atoms with Gasteiger partial charge in [-0.2, -0.15) is 0 Å². The first-order valence-electron chi connectivity index (χ1n) is 6.84. The van der Waals surface area contributed by atoms with Crippen LogP contribution in [-0.4, -0.2) is 48.3 Å². The molecular weight excluding hydrogens is 200 g/mol. The van der Waals surface area contributed by atoms with E-state index in [-0.39, 0.29) is 5.54 Å². The van der Waals surface area contributed by atoms with Crippen molar-refractivity contribution in [3.63, 3.8) is 0 Å². The van der Waals surface area contributed by atoms with Crippen LogP contribution in [0.15, 0.2) is 0 Å². The van der Waals surface area contributed by atoms with Crippen molar-refractivity contribution in [1.29, 1.82) is 0 Å². The van der Waals surface area contributed by atoms with Crippen LogP contribution in [0, 0.1) is 0 Å². The van der Waals surface area contributed by atoms with Gasteiger partial charge in [-0.3, -0.25) is 0 Å². The summed E-state index contributed by atoms with van der Waals surface area (Å²) in [6.45, 7) is 9.02. The first-order valence-corrected chi connectivity index (χ1v) is 6.84. The fourth-order valence-corrected chi connectivity index (χ4v) is 2.64. The average molecular weight is 228 g/mol. The summed E-state index contributed by atoms with van der Waals surface area (Å²) in [5.74, 6) is 0. The van der Waals surface area contributed by atoms with Gasteiger partial charge in [-0.05, 0) is 25.9 Å². The van der Waals surface area contributed by atoms with Crippen molar-refractivity contribution in [1.82, 2.24) is 10.2 Å². The molecule has 0 aromatic rings. The molecule has 0 saturated heterocycles. The van der Waals surface area contributed by atoms with Crippen molar-refractivity contribution in [2.75, 3.05) is 32.8 Å². The second kappa shape index (κ2) is 7.25. The molecule has 96 valence electrons. The molecule has 0 bridgehead atoms. The van der Waals surface area contributed by atoms with Crippen molar-refractivity contribution in [2.45, 2.75) is 51.5 Å². The van der Waals surface area contributed by atoms with E-state index in [1.54, 1.807) is 0 Å². The molecule has 1 rings (SSSR count). The fraction of sp³-hybridized carbons (Fsp3) is 1.00. The lowest BCUT2D eigenvalue weighted by molar-refractivity contribution is 0.117. The second-order valence-corrected chi connectivity index (χ2v) is 4.95.